The average molecular weight is 305 g/mol. The number of aromatic nitrogens is 1. The van der Waals surface area contributed by atoms with Crippen LogP contribution in [-0.2, 0) is 14.8 Å². The summed E-state index contributed by atoms with van der Waals surface area (Å²) in [6.45, 7) is 2.36. The molecule has 1 amide bonds. The van der Waals surface area contributed by atoms with Gasteiger partial charge in [0.15, 0.2) is 0 Å². The summed E-state index contributed by atoms with van der Waals surface area (Å²) in [7, 11) is -3.72. The van der Waals surface area contributed by atoms with Crippen LogP contribution in [0.3, 0.4) is 0 Å². The molecule has 0 aliphatic carbocycles. The molecule has 1 aliphatic heterocycles. The number of sulfonamides is 1. The maximum absolute atomic E-state index is 12.7. The van der Waals surface area contributed by atoms with Gasteiger partial charge in [0, 0.05) is 24.7 Å². The first-order valence-electron chi connectivity index (χ1n) is 6.61. The number of hydrogen-bond donors (Lipinski definition) is 1. The highest BCUT2D eigenvalue weighted by molar-refractivity contribution is 7.89. The third-order valence-corrected chi connectivity index (χ3v) is 5.31. The average Bonchev–Trinajstić information content (AvgIpc) is 2.46. The van der Waals surface area contributed by atoms with Crippen LogP contribution in [0.15, 0.2) is 35.4 Å². The van der Waals surface area contributed by atoms with Gasteiger partial charge in [-0.2, -0.15) is 4.31 Å². The maximum Gasteiger partial charge on any atom is 0.245 e. The molecule has 0 radical (unpaired) electrons. The Morgan fingerprint density at radius 2 is 2.14 bits per heavy atom. The number of rotatable bonds is 2. The van der Waals surface area contributed by atoms with Gasteiger partial charge in [0.25, 0.3) is 0 Å². The predicted molar refractivity (Wildman–Crippen MR) is 78.2 cm³/mol. The number of fused-ring (bicyclic) bond motifs is 1. The lowest BCUT2D eigenvalue weighted by Gasteiger charge is -2.26. The Kier molecular flexibility index (Phi) is 3.38. The normalized spacial score (nSPS) is 16.9. The molecule has 0 bridgehead atoms. The van der Waals surface area contributed by atoms with Crippen molar-refractivity contribution in [3.63, 3.8) is 0 Å². The van der Waals surface area contributed by atoms with Crippen LogP contribution in [0.5, 0.6) is 0 Å². The molecule has 7 heteroatoms. The van der Waals surface area contributed by atoms with Crippen LogP contribution in [-0.4, -0.2) is 43.2 Å². The van der Waals surface area contributed by atoms with Crippen LogP contribution in [0, 0.1) is 6.92 Å². The second-order valence-corrected chi connectivity index (χ2v) is 6.94. The molecule has 110 valence electrons. The number of amides is 1. The number of para-hydroxylation sites is 1. The Bertz CT molecular complexity index is 817. The van der Waals surface area contributed by atoms with Crippen molar-refractivity contribution < 1.29 is 13.2 Å². The number of nitrogens with zero attached hydrogens (tertiary/aromatic N) is 2. The number of nitrogens with one attached hydrogen (secondary N) is 1. The molecule has 0 unspecified atom stereocenters. The van der Waals surface area contributed by atoms with Crippen molar-refractivity contribution in [2.24, 2.45) is 0 Å². The molecule has 3 rings (SSSR count). The molecule has 1 aliphatic rings. The summed E-state index contributed by atoms with van der Waals surface area (Å²) < 4.78 is 26.7. The summed E-state index contributed by atoms with van der Waals surface area (Å²) in [6.07, 6.45) is 1.64. The molecular weight excluding hydrogens is 290 g/mol. The van der Waals surface area contributed by atoms with Crippen molar-refractivity contribution in [2.75, 3.05) is 19.6 Å². The molecule has 6 nitrogen and oxygen atoms in total. The molecule has 1 aromatic carbocycles. The zero-order valence-corrected chi connectivity index (χ0v) is 12.4. The zero-order chi connectivity index (χ0) is 15.0. The largest absolute Gasteiger partial charge is 0.354 e. The van der Waals surface area contributed by atoms with Crippen LogP contribution in [0.1, 0.15) is 5.56 Å². The fourth-order valence-corrected chi connectivity index (χ4v) is 3.97. The Morgan fingerprint density at radius 1 is 1.33 bits per heavy atom. The van der Waals surface area contributed by atoms with Gasteiger partial charge >= 0.3 is 0 Å². The quantitative estimate of drug-likeness (QED) is 0.884. The van der Waals surface area contributed by atoms with Gasteiger partial charge in [0.05, 0.1) is 12.1 Å². The molecular formula is C14H15N3O3S. The monoisotopic (exact) mass is 305 g/mol. The Labute approximate surface area is 122 Å². The van der Waals surface area contributed by atoms with Crippen molar-refractivity contribution in [3.05, 3.63) is 36.0 Å². The lowest BCUT2D eigenvalue weighted by atomic mass is 10.2. The highest BCUT2D eigenvalue weighted by Gasteiger charge is 2.30. The molecule has 1 N–H and O–H groups in total. The van der Waals surface area contributed by atoms with Crippen LogP contribution in [0.4, 0.5) is 0 Å². The van der Waals surface area contributed by atoms with E-state index in [2.05, 4.69) is 10.3 Å². The molecule has 0 saturated carbocycles. The highest BCUT2D eigenvalue weighted by atomic mass is 32.2. The number of piperazine rings is 1. The summed E-state index contributed by atoms with van der Waals surface area (Å²) in [6, 6.07) is 6.95. The summed E-state index contributed by atoms with van der Waals surface area (Å²) in [5.74, 6) is -0.283. The highest BCUT2D eigenvalue weighted by Crippen LogP contribution is 2.24. The Hall–Kier alpha value is -1.99. The van der Waals surface area contributed by atoms with Gasteiger partial charge in [-0.15, -0.1) is 0 Å². The van der Waals surface area contributed by atoms with Crippen LogP contribution in [0.2, 0.25) is 0 Å². The number of carbonyl (C=O) groups excluding carboxylic acids is 1. The van der Waals surface area contributed by atoms with E-state index in [4.69, 9.17) is 0 Å². The number of pyridine rings is 1. The Morgan fingerprint density at radius 3 is 2.90 bits per heavy atom. The third kappa shape index (κ3) is 2.50. The van der Waals surface area contributed by atoms with Crippen molar-refractivity contribution in [1.29, 1.82) is 0 Å². The predicted octanol–water partition coefficient (Wildman–Crippen LogP) is 0.664. The topological polar surface area (TPSA) is 79.4 Å². The summed E-state index contributed by atoms with van der Waals surface area (Å²) in [5, 5.41) is 3.39. The zero-order valence-electron chi connectivity index (χ0n) is 11.5. The number of aryl methyl sites for hydroxylation is 1. The van der Waals surface area contributed by atoms with Crippen LogP contribution >= 0.6 is 0 Å². The summed E-state index contributed by atoms with van der Waals surface area (Å²) in [4.78, 5) is 15.8. The fourth-order valence-electron chi connectivity index (χ4n) is 2.41. The SMILES string of the molecule is Cc1cnc2c(S(=O)(=O)N3CCNC(=O)C3)cccc2c1. The third-order valence-electron chi connectivity index (χ3n) is 3.43. The van der Waals surface area contributed by atoms with Crippen molar-refractivity contribution >= 4 is 26.8 Å². The van der Waals surface area contributed by atoms with E-state index in [0.717, 1.165) is 10.9 Å². The van der Waals surface area contributed by atoms with Crippen LogP contribution in [0.25, 0.3) is 10.9 Å². The number of hydrogen-bond acceptors (Lipinski definition) is 4. The van der Waals surface area contributed by atoms with E-state index in [1.807, 2.05) is 19.1 Å². The molecule has 1 fully saturated rings. The summed E-state index contributed by atoms with van der Waals surface area (Å²) in [5.41, 5.74) is 1.41. The first kappa shape index (κ1) is 14.0. The van der Waals surface area contributed by atoms with Gasteiger partial charge < -0.3 is 5.32 Å². The molecule has 2 aromatic rings. The minimum atomic E-state index is -3.72. The van der Waals surface area contributed by atoms with Gasteiger partial charge in [-0.25, -0.2) is 8.42 Å². The lowest BCUT2D eigenvalue weighted by Crippen LogP contribution is -2.49. The van der Waals surface area contributed by atoms with Gasteiger partial charge in [-0.3, -0.25) is 9.78 Å². The first-order valence-corrected chi connectivity index (χ1v) is 8.05. The van der Waals surface area contributed by atoms with E-state index in [0.29, 0.717) is 12.1 Å². The number of benzene rings is 1. The molecule has 0 spiro atoms. The molecule has 1 aromatic heterocycles. The van der Waals surface area contributed by atoms with Gasteiger partial charge in [-0.1, -0.05) is 12.1 Å². The Balaban J connectivity index is 2.12. The van der Waals surface area contributed by atoms with E-state index >= 15 is 0 Å². The van der Waals surface area contributed by atoms with Crippen molar-refractivity contribution in [2.45, 2.75) is 11.8 Å². The van der Waals surface area contributed by atoms with Gasteiger partial charge in [0.2, 0.25) is 15.9 Å². The van der Waals surface area contributed by atoms with E-state index < -0.39 is 10.0 Å². The standard InChI is InChI=1S/C14H15N3O3S/c1-10-7-11-3-2-4-12(14(11)16-8-10)21(19,20)17-6-5-15-13(18)9-17/h2-4,7-8H,5-6,9H2,1H3,(H,15,18). The van der Waals surface area contributed by atoms with Crippen molar-refractivity contribution in [3.8, 4) is 0 Å². The second kappa shape index (κ2) is 5.09. The summed E-state index contributed by atoms with van der Waals surface area (Å²) >= 11 is 0. The minimum absolute atomic E-state index is 0.148. The van der Waals surface area contributed by atoms with Gasteiger partial charge in [0.1, 0.15) is 4.90 Å². The molecule has 1 saturated heterocycles. The smallest absolute Gasteiger partial charge is 0.245 e. The van der Waals surface area contributed by atoms with E-state index in [9.17, 15) is 13.2 Å². The fraction of sp³-hybridized carbons (Fsp3) is 0.286. The first-order chi connectivity index (χ1) is 9.98. The maximum atomic E-state index is 12.7. The van der Waals surface area contributed by atoms with E-state index in [1.165, 1.54) is 10.4 Å². The van der Waals surface area contributed by atoms with Crippen molar-refractivity contribution in [1.82, 2.24) is 14.6 Å². The molecule has 21 heavy (non-hydrogen) atoms. The van der Waals surface area contributed by atoms with E-state index in [-0.39, 0.29) is 23.9 Å². The number of carbonyl (C=O) groups is 1. The van der Waals surface area contributed by atoms with E-state index in [1.54, 1.807) is 12.3 Å². The molecule has 0 atom stereocenters. The van der Waals surface area contributed by atoms with Gasteiger partial charge in [-0.05, 0) is 24.6 Å². The lowest BCUT2D eigenvalue weighted by molar-refractivity contribution is -0.122. The molecule has 2 heterocycles. The minimum Gasteiger partial charge on any atom is -0.354 e. The second-order valence-electron chi connectivity index (χ2n) is 5.03. The van der Waals surface area contributed by atoms with Crippen LogP contribution < -0.4 is 5.32 Å².